The van der Waals surface area contributed by atoms with Crippen molar-refractivity contribution in [2.75, 3.05) is 13.2 Å². The SMILES string of the molecule is CC1(C)C(NCC2(O)CCCCCC2)C2CCOC21. The summed E-state index contributed by atoms with van der Waals surface area (Å²) in [7, 11) is 0. The summed E-state index contributed by atoms with van der Waals surface area (Å²) in [5.41, 5.74) is -0.237. The highest BCUT2D eigenvalue weighted by atomic mass is 16.5. The van der Waals surface area contributed by atoms with Crippen molar-refractivity contribution in [3.8, 4) is 0 Å². The minimum atomic E-state index is -0.461. The lowest BCUT2D eigenvalue weighted by Crippen LogP contribution is -2.67. The van der Waals surface area contributed by atoms with Gasteiger partial charge in [-0.2, -0.15) is 0 Å². The Hall–Kier alpha value is -0.120. The van der Waals surface area contributed by atoms with Gasteiger partial charge in [-0.1, -0.05) is 39.5 Å². The van der Waals surface area contributed by atoms with Crippen LogP contribution in [0.25, 0.3) is 0 Å². The molecule has 2 saturated carbocycles. The zero-order chi connectivity index (χ0) is 13.5. The van der Waals surface area contributed by atoms with Gasteiger partial charge in [0, 0.05) is 30.5 Å². The van der Waals surface area contributed by atoms with Gasteiger partial charge in [0.15, 0.2) is 0 Å². The van der Waals surface area contributed by atoms with E-state index in [9.17, 15) is 5.11 Å². The fourth-order valence-electron chi connectivity index (χ4n) is 4.60. The summed E-state index contributed by atoms with van der Waals surface area (Å²) in [4.78, 5) is 0. The lowest BCUT2D eigenvalue weighted by Gasteiger charge is -2.55. The van der Waals surface area contributed by atoms with Crippen LogP contribution in [0.15, 0.2) is 0 Å². The molecule has 1 aliphatic heterocycles. The maximum atomic E-state index is 10.7. The molecule has 0 radical (unpaired) electrons. The van der Waals surface area contributed by atoms with Crippen LogP contribution in [0.5, 0.6) is 0 Å². The van der Waals surface area contributed by atoms with E-state index in [0.29, 0.717) is 18.1 Å². The van der Waals surface area contributed by atoms with Gasteiger partial charge in [-0.15, -0.1) is 0 Å². The summed E-state index contributed by atoms with van der Waals surface area (Å²) in [6.45, 7) is 6.29. The molecular formula is C16H29NO2. The molecule has 19 heavy (non-hydrogen) atoms. The van der Waals surface area contributed by atoms with Gasteiger partial charge in [0.1, 0.15) is 0 Å². The normalized spacial score (nSPS) is 40.3. The number of nitrogens with one attached hydrogen (secondary N) is 1. The highest BCUT2D eigenvalue weighted by molar-refractivity contribution is 5.11. The van der Waals surface area contributed by atoms with Gasteiger partial charge in [0.2, 0.25) is 0 Å². The van der Waals surface area contributed by atoms with Crippen LogP contribution < -0.4 is 5.32 Å². The molecule has 0 spiro atoms. The number of hydrogen-bond donors (Lipinski definition) is 2. The average molecular weight is 267 g/mol. The summed E-state index contributed by atoms with van der Waals surface area (Å²) >= 11 is 0. The zero-order valence-corrected chi connectivity index (χ0v) is 12.5. The second-order valence-corrected chi connectivity index (χ2v) is 7.56. The minimum absolute atomic E-state index is 0.224. The van der Waals surface area contributed by atoms with Crippen LogP contribution in [-0.4, -0.2) is 36.0 Å². The first kappa shape index (κ1) is 13.8. The predicted octanol–water partition coefficient (Wildman–Crippen LogP) is 2.47. The molecule has 1 heterocycles. The molecule has 2 N–H and O–H groups in total. The van der Waals surface area contributed by atoms with Crippen molar-refractivity contribution in [2.24, 2.45) is 11.3 Å². The first-order valence-electron chi connectivity index (χ1n) is 8.10. The Labute approximate surface area is 117 Å². The van der Waals surface area contributed by atoms with Crippen molar-refractivity contribution in [1.82, 2.24) is 5.32 Å². The fourth-order valence-corrected chi connectivity index (χ4v) is 4.60. The maximum Gasteiger partial charge on any atom is 0.0771 e. The van der Waals surface area contributed by atoms with E-state index < -0.39 is 5.60 Å². The molecule has 0 aromatic carbocycles. The van der Waals surface area contributed by atoms with Gasteiger partial charge in [0.05, 0.1) is 11.7 Å². The molecule has 3 heteroatoms. The molecule has 3 unspecified atom stereocenters. The predicted molar refractivity (Wildman–Crippen MR) is 76.1 cm³/mol. The molecule has 0 aromatic rings. The topological polar surface area (TPSA) is 41.5 Å². The van der Waals surface area contributed by atoms with Crippen LogP contribution in [0.3, 0.4) is 0 Å². The third kappa shape index (κ3) is 2.45. The molecule has 3 atom stereocenters. The summed E-state index contributed by atoms with van der Waals surface area (Å²) in [6, 6.07) is 0.521. The van der Waals surface area contributed by atoms with E-state index in [1.807, 2.05) is 0 Å². The van der Waals surface area contributed by atoms with Crippen LogP contribution in [-0.2, 0) is 4.74 Å². The molecule has 2 aliphatic carbocycles. The Morgan fingerprint density at radius 2 is 1.84 bits per heavy atom. The summed E-state index contributed by atoms with van der Waals surface area (Å²) in [6.07, 6.45) is 8.50. The molecule has 1 saturated heterocycles. The van der Waals surface area contributed by atoms with Gasteiger partial charge >= 0.3 is 0 Å². The molecule has 110 valence electrons. The third-order valence-corrected chi connectivity index (χ3v) is 5.79. The van der Waals surface area contributed by atoms with E-state index in [-0.39, 0.29) is 5.41 Å². The van der Waals surface area contributed by atoms with Crippen LogP contribution in [0, 0.1) is 11.3 Å². The molecule has 0 bridgehead atoms. The molecule has 3 rings (SSSR count). The summed E-state index contributed by atoms with van der Waals surface area (Å²) < 4.78 is 5.83. The van der Waals surface area contributed by atoms with Crippen LogP contribution in [0.1, 0.15) is 58.8 Å². The second-order valence-electron chi connectivity index (χ2n) is 7.56. The van der Waals surface area contributed by atoms with Crippen LogP contribution in [0.4, 0.5) is 0 Å². The fraction of sp³-hybridized carbons (Fsp3) is 1.00. The quantitative estimate of drug-likeness (QED) is 0.772. The number of aliphatic hydroxyl groups is 1. The Kier molecular flexibility index (Phi) is 3.65. The van der Waals surface area contributed by atoms with Gasteiger partial charge in [-0.05, 0) is 19.3 Å². The molecule has 3 aliphatic rings. The van der Waals surface area contributed by atoms with Crippen LogP contribution >= 0.6 is 0 Å². The smallest absolute Gasteiger partial charge is 0.0771 e. The molecule has 3 nitrogen and oxygen atoms in total. The standard InChI is InChI=1S/C16H29NO2/c1-15(2)13(12-7-10-19-14(12)15)17-11-16(18)8-5-3-4-6-9-16/h12-14,17-18H,3-11H2,1-2H3. The number of rotatable bonds is 3. The van der Waals surface area contributed by atoms with Crippen molar-refractivity contribution in [2.45, 2.75) is 76.5 Å². The van der Waals surface area contributed by atoms with E-state index in [1.54, 1.807) is 0 Å². The Morgan fingerprint density at radius 3 is 2.53 bits per heavy atom. The molecule has 3 fully saturated rings. The minimum Gasteiger partial charge on any atom is -0.389 e. The summed E-state index contributed by atoms with van der Waals surface area (Å²) in [5, 5.41) is 14.4. The summed E-state index contributed by atoms with van der Waals surface area (Å²) in [5.74, 6) is 0.671. The maximum absolute atomic E-state index is 10.7. The van der Waals surface area contributed by atoms with E-state index in [4.69, 9.17) is 4.74 Å². The highest BCUT2D eigenvalue weighted by Crippen LogP contribution is 2.52. The lowest BCUT2D eigenvalue weighted by molar-refractivity contribution is -0.118. The van der Waals surface area contributed by atoms with Crippen molar-refractivity contribution in [1.29, 1.82) is 0 Å². The first-order chi connectivity index (χ1) is 9.03. The van der Waals surface area contributed by atoms with E-state index >= 15 is 0 Å². The van der Waals surface area contributed by atoms with E-state index in [1.165, 1.54) is 32.1 Å². The first-order valence-corrected chi connectivity index (χ1v) is 8.10. The Bertz CT molecular complexity index is 321. The molecule has 0 aromatic heterocycles. The average Bonchev–Trinajstić information content (AvgIpc) is 2.70. The van der Waals surface area contributed by atoms with Gasteiger partial charge < -0.3 is 15.2 Å². The van der Waals surface area contributed by atoms with Crippen molar-refractivity contribution in [3.63, 3.8) is 0 Å². The van der Waals surface area contributed by atoms with Crippen molar-refractivity contribution < 1.29 is 9.84 Å². The number of ether oxygens (including phenoxy) is 1. The zero-order valence-electron chi connectivity index (χ0n) is 12.5. The number of fused-ring (bicyclic) bond motifs is 1. The van der Waals surface area contributed by atoms with Crippen LogP contribution in [0.2, 0.25) is 0 Å². The molecule has 0 amide bonds. The van der Waals surface area contributed by atoms with Gasteiger partial charge in [-0.25, -0.2) is 0 Å². The van der Waals surface area contributed by atoms with Gasteiger partial charge in [-0.3, -0.25) is 0 Å². The van der Waals surface area contributed by atoms with Gasteiger partial charge in [0.25, 0.3) is 0 Å². The molecular weight excluding hydrogens is 238 g/mol. The van der Waals surface area contributed by atoms with Crippen molar-refractivity contribution in [3.05, 3.63) is 0 Å². The third-order valence-electron chi connectivity index (χ3n) is 5.79. The van der Waals surface area contributed by atoms with E-state index in [0.717, 1.165) is 26.0 Å². The number of hydrogen-bond acceptors (Lipinski definition) is 3. The van der Waals surface area contributed by atoms with Crippen molar-refractivity contribution >= 4 is 0 Å². The largest absolute Gasteiger partial charge is 0.389 e. The Balaban J connectivity index is 1.57. The highest BCUT2D eigenvalue weighted by Gasteiger charge is 2.59. The lowest BCUT2D eigenvalue weighted by atomic mass is 9.57. The Morgan fingerprint density at radius 1 is 1.16 bits per heavy atom. The van der Waals surface area contributed by atoms with E-state index in [2.05, 4.69) is 19.2 Å². The monoisotopic (exact) mass is 267 g/mol. The second kappa shape index (κ2) is 5.01.